The van der Waals surface area contributed by atoms with Gasteiger partial charge >= 0.3 is 0 Å². The summed E-state index contributed by atoms with van der Waals surface area (Å²) in [6, 6.07) is 67.5. The fourth-order valence-corrected chi connectivity index (χ4v) is 14.5. The maximum Gasteiger partial charge on any atom is 0.200 e. The molecule has 13 aromatic carbocycles. The van der Waals surface area contributed by atoms with Crippen LogP contribution in [0.3, 0.4) is 0 Å². The highest BCUT2D eigenvalue weighted by Gasteiger charge is 2.29. The Bertz CT molecular complexity index is 5860. The van der Waals surface area contributed by atoms with E-state index in [-0.39, 0.29) is 110 Å². The van der Waals surface area contributed by atoms with Gasteiger partial charge in [-0.2, -0.15) is 0 Å². The lowest BCUT2D eigenvalue weighted by Gasteiger charge is -2.24. The third-order valence-electron chi connectivity index (χ3n) is 21.5. The van der Waals surface area contributed by atoms with Crippen LogP contribution < -0.4 is 37.9 Å². The third kappa shape index (κ3) is 23.2. The van der Waals surface area contributed by atoms with Gasteiger partial charge in [-0.25, -0.2) is 0 Å². The van der Waals surface area contributed by atoms with E-state index in [1.165, 1.54) is 34.5 Å². The van der Waals surface area contributed by atoms with Crippen LogP contribution in [0.4, 0.5) is 0 Å². The first-order valence-corrected chi connectivity index (χ1v) is 39.8. The molecule has 5 atom stereocenters. The van der Waals surface area contributed by atoms with E-state index in [1.54, 1.807) is 198 Å². The molecule has 0 heterocycles. The largest absolute Gasteiger partial charge is 0.508 e. The Morgan fingerprint density at radius 3 is 0.840 bits per heavy atom. The number of methoxy groups -OCH3 is 8. The van der Waals surface area contributed by atoms with Crippen molar-refractivity contribution in [2.24, 2.45) is 0 Å². The molecule has 125 heavy (non-hydrogen) atoms. The number of phenolic OH excluding ortho intramolecular Hbond substituents is 13. The van der Waals surface area contributed by atoms with Crippen LogP contribution in [0.1, 0.15) is 164 Å². The molecule has 0 saturated carbocycles. The molecule has 0 amide bonds. The number of benzene rings is 13. The molecule has 0 aliphatic carbocycles. The van der Waals surface area contributed by atoms with Gasteiger partial charge in [0.05, 0.1) is 56.9 Å². The second kappa shape index (κ2) is 42.7. The van der Waals surface area contributed by atoms with E-state index in [1.807, 2.05) is 130 Å². The summed E-state index contributed by atoms with van der Waals surface area (Å²) in [6.45, 7) is 9.79. The summed E-state index contributed by atoms with van der Waals surface area (Å²) < 4.78 is 43.4. The molecule has 0 spiro atoms. The standard InChI is InChI=1S/C32H32O7.C24H24O6.2C24H24O4/c1-18(21-9-13-25(34)28(16-21)38-3)30-23(8-5-20-6-11-24(33)12-7-20)15-27(36)31(32(30)37)19(2)22-10-14-26(35)29(17-22)39-4;1-14(17-12-21(29-2)24(28)22(13-17)30-3)23-19(26)10-16(11-20(23)27)5-4-15-6-8-18(25)9-7-15;1-16(18-8-12-21(26)13-9-18)24-19(14-22(27-2)15-23(24)28-3)7-4-17-5-10-20(25)11-6-17;1-16(19-8-12-21(26)13-9-19)24-22(27-2)14-18(15-23(24)28-3)5-4-17-6-10-20(25)11-7-17/h5-19,33-37H,1-4H3;4-14,25-28H,1-3H3;2*4-16,25-26H,1-3H3/b8-5+;5-4+;7-4+;5-4+. The maximum atomic E-state index is 11.7. The molecular formula is C104H104O21. The molecule has 21 nitrogen and oxygen atoms in total. The van der Waals surface area contributed by atoms with E-state index in [9.17, 15) is 66.4 Å². The average molecular weight is 1690 g/mol. The average Bonchev–Trinajstić information content (AvgIpc) is 0.773. The molecule has 21 heteroatoms. The Morgan fingerprint density at radius 1 is 0.192 bits per heavy atom. The van der Waals surface area contributed by atoms with Crippen molar-refractivity contribution in [2.75, 3.05) is 56.9 Å². The van der Waals surface area contributed by atoms with Crippen LogP contribution in [-0.4, -0.2) is 123 Å². The van der Waals surface area contributed by atoms with E-state index >= 15 is 0 Å². The third-order valence-corrected chi connectivity index (χ3v) is 21.5. The van der Waals surface area contributed by atoms with Gasteiger partial charge in [0, 0.05) is 63.5 Å². The highest BCUT2D eigenvalue weighted by molar-refractivity contribution is 5.79. The van der Waals surface area contributed by atoms with Gasteiger partial charge in [-0.15, -0.1) is 0 Å². The van der Waals surface area contributed by atoms with E-state index in [0.717, 1.165) is 84.0 Å². The highest BCUT2D eigenvalue weighted by Crippen LogP contribution is 2.50. The Kier molecular flexibility index (Phi) is 31.4. The highest BCUT2D eigenvalue weighted by atomic mass is 16.5. The lowest BCUT2D eigenvalue weighted by Crippen LogP contribution is -2.05. The van der Waals surface area contributed by atoms with Gasteiger partial charge in [-0.1, -0.05) is 168 Å². The van der Waals surface area contributed by atoms with Gasteiger partial charge < -0.3 is 104 Å². The van der Waals surface area contributed by atoms with Crippen molar-refractivity contribution in [3.63, 3.8) is 0 Å². The maximum absolute atomic E-state index is 11.7. The van der Waals surface area contributed by atoms with Crippen molar-refractivity contribution in [2.45, 2.75) is 64.2 Å². The number of hydrogen-bond acceptors (Lipinski definition) is 21. The first-order valence-electron chi connectivity index (χ1n) is 39.8. The van der Waals surface area contributed by atoms with E-state index in [2.05, 4.69) is 13.8 Å². The molecule has 0 aliphatic heterocycles. The molecule has 0 aromatic heterocycles. The Labute approximate surface area is 727 Å². The molecule has 13 rings (SSSR count). The van der Waals surface area contributed by atoms with Crippen LogP contribution in [0.5, 0.6) is 121 Å². The second-order valence-electron chi connectivity index (χ2n) is 29.4. The van der Waals surface area contributed by atoms with Gasteiger partial charge in [0.1, 0.15) is 80.5 Å². The quantitative estimate of drug-likeness (QED) is 0.0224. The summed E-state index contributed by atoms with van der Waals surface area (Å²) >= 11 is 0. The number of phenols is 13. The predicted molar refractivity (Wildman–Crippen MR) is 491 cm³/mol. The van der Waals surface area contributed by atoms with Crippen molar-refractivity contribution in [3.05, 3.63) is 337 Å². The Balaban J connectivity index is 0.000000176. The zero-order chi connectivity index (χ0) is 90.3. The normalized spacial score (nSPS) is 12.3. The minimum Gasteiger partial charge on any atom is -0.508 e. The van der Waals surface area contributed by atoms with Crippen LogP contribution >= 0.6 is 0 Å². The molecule has 0 bridgehead atoms. The summed E-state index contributed by atoms with van der Waals surface area (Å²) in [5.41, 5.74) is 14.4. The molecule has 0 aliphatic rings. The van der Waals surface area contributed by atoms with Gasteiger partial charge in [0.25, 0.3) is 0 Å². The molecular weight excluding hydrogens is 1590 g/mol. The topological polar surface area (TPSA) is 337 Å². The molecule has 5 unspecified atom stereocenters. The zero-order valence-electron chi connectivity index (χ0n) is 71.6. The minimum atomic E-state index is -0.449. The summed E-state index contributed by atoms with van der Waals surface area (Å²) in [5, 5.41) is 131. The smallest absolute Gasteiger partial charge is 0.200 e. The SMILES string of the molecule is COc1cc(/C=C/c2ccc(O)cc2)c(C(C)c2ccc(O)cc2)c(OC)c1.COc1cc(/C=C/c2ccc(O)cc2)cc(OC)c1C(C)c1ccc(O)cc1.COc1cc(C(C)c2c(O)cc(/C=C/c3ccc(O)cc3)c(C(C)c3ccc(O)c(OC)c3)c2O)ccc1O.COc1cc(C(C)c2c(O)cc(/C=C/c3ccc(O)cc3)cc2O)cc(OC)c1O. The number of rotatable bonds is 26. The fourth-order valence-electron chi connectivity index (χ4n) is 14.5. The lowest BCUT2D eigenvalue weighted by atomic mass is 9.82. The molecule has 0 saturated heterocycles. The first-order chi connectivity index (χ1) is 60.0. The molecule has 0 radical (unpaired) electrons. The first kappa shape index (κ1) is 91.9. The number of aromatic hydroxyl groups is 13. The lowest BCUT2D eigenvalue weighted by molar-refractivity contribution is 0.339. The molecule has 13 N–H and O–H groups in total. The van der Waals surface area contributed by atoms with Crippen molar-refractivity contribution in [3.8, 4) is 121 Å². The van der Waals surface area contributed by atoms with Crippen LogP contribution in [0.25, 0.3) is 48.6 Å². The number of hydrogen-bond donors (Lipinski definition) is 13. The van der Waals surface area contributed by atoms with E-state index in [4.69, 9.17) is 37.9 Å². The van der Waals surface area contributed by atoms with E-state index in [0.29, 0.717) is 44.9 Å². The fraction of sp³-hybridized carbons (Fsp3) is 0.173. The van der Waals surface area contributed by atoms with Gasteiger partial charge in [-0.3, -0.25) is 0 Å². The summed E-state index contributed by atoms with van der Waals surface area (Å²) in [7, 11) is 12.4. The monoisotopic (exact) mass is 1690 g/mol. The van der Waals surface area contributed by atoms with Crippen LogP contribution in [0, 0.1) is 0 Å². The Morgan fingerprint density at radius 2 is 0.472 bits per heavy atom. The van der Waals surface area contributed by atoms with Crippen molar-refractivity contribution >= 4 is 48.6 Å². The number of ether oxygens (including phenoxy) is 8. The Hall–Kier alpha value is -15.4. The van der Waals surface area contributed by atoms with Crippen molar-refractivity contribution in [1.29, 1.82) is 0 Å². The summed E-state index contributed by atoms with van der Waals surface area (Å²) in [6.07, 6.45) is 15.1. The van der Waals surface area contributed by atoms with Crippen LogP contribution in [-0.2, 0) is 0 Å². The second-order valence-corrected chi connectivity index (χ2v) is 29.4. The minimum absolute atomic E-state index is 0.00594. The summed E-state index contributed by atoms with van der Waals surface area (Å²) in [5.74, 6) is 3.79. The molecule has 13 aromatic rings. The molecule has 0 fully saturated rings. The van der Waals surface area contributed by atoms with E-state index < -0.39 is 11.8 Å². The molecule has 646 valence electrons. The van der Waals surface area contributed by atoms with Crippen molar-refractivity contribution in [1.82, 2.24) is 0 Å². The zero-order valence-corrected chi connectivity index (χ0v) is 71.6. The van der Waals surface area contributed by atoms with Crippen LogP contribution in [0.2, 0.25) is 0 Å². The van der Waals surface area contributed by atoms with Crippen LogP contribution in [0.15, 0.2) is 237 Å². The predicted octanol–water partition coefficient (Wildman–Crippen LogP) is 22.4. The van der Waals surface area contributed by atoms with Gasteiger partial charge in [0.15, 0.2) is 34.5 Å². The summed E-state index contributed by atoms with van der Waals surface area (Å²) in [4.78, 5) is 0. The van der Waals surface area contributed by atoms with Gasteiger partial charge in [-0.05, 0) is 218 Å². The van der Waals surface area contributed by atoms with Crippen molar-refractivity contribution < 1.29 is 104 Å². The van der Waals surface area contributed by atoms with Gasteiger partial charge in [0.2, 0.25) is 5.75 Å².